The molecule has 1 N–H and O–H groups in total. The molecule has 1 unspecified atom stereocenters. The lowest BCUT2D eigenvalue weighted by Gasteiger charge is -2.10. The summed E-state index contributed by atoms with van der Waals surface area (Å²) in [6.45, 7) is 2.23. The van der Waals surface area contributed by atoms with Gasteiger partial charge in [-0.25, -0.2) is 4.79 Å². The topological polar surface area (TPSA) is 70.3 Å². The van der Waals surface area contributed by atoms with E-state index in [9.17, 15) is 4.79 Å². The van der Waals surface area contributed by atoms with Gasteiger partial charge in [-0.15, -0.1) is 0 Å². The maximum Gasteiger partial charge on any atom is 0.518 e. The van der Waals surface area contributed by atoms with Gasteiger partial charge in [-0.2, -0.15) is 5.26 Å². The number of rotatable bonds is 13. The fourth-order valence-electron chi connectivity index (χ4n) is 2.08. The number of hydrogen-bond donors (Lipinski definition) is 1. The molecule has 0 aliphatic rings. The molecule has 5 heteroatoms. The Morgan fingerprint density at radius 2 is 1.70 bits per heavy atom. The van der Waals surface area contributed by atoms with Crippen LogP contribution in [0.1, 0.15) is 77.6 Å². The number of hydrogen-bond acceptors (Lipinski definition) is 4. The Labute approximate surface area is 127 Å². The molecule has 0 radical (unpaired) electrons. The number of carboxylic acid groups (broad SMARTS) is 1. The third-order valence-electron chi connectivity index (χ3n) is 3.20. The Morgan fingerprint density at radius 3 is 2.20 bits per heavy atom. The van der Waals surface area contributed by atoms with E-state index < -0.39 is 6.16 Å². The van der Waals surface area contributed by atoms with Crippen LogP contribution >= 0.6 is 12.0 Å². The van der Waals surface area contributed by atoms with E-state index in [-0.39, 0.29) is 5.25 Å². The molecule has 0 spiro atoms. The van der Waals surface area contributed by atoms with Gasteiger partial charge in [0.25, 0.3) is 0 Å². The molecule has 0 amide bonds. The molecular formula is C15H27NO3S. The largest absolute Gasteiger partial charge is 0.518 e. The van der Waals surface area contributed by atoms with Gasteiger partial charge < -0.3 is 9.29 Å². The highest BCUT2D eigenvalue weighted by Gasteiger charge is 2.12. The SMILES string of the molecule is CCCCCCCCCCCC(CC#N)SOC(=O)O. The Hall–Kier alpha value is -0.890. The molecule has 4 nitrogen and oxygen atoms in total. The van der Waals surface area contributed by atoms with Crippen molar-refractivity contribution in [2.75, 3.05) is 0 Å². The van der Waals surface area contributed by atoms with E-state index in [4.69, 9.17) is 10.4 Å². The van der Waals surface area contributed by atoms with E-state index in [1.54, 1.807) is 0 Å². The minimum absolute atomic E-state index is 0.0272. The van der Waals surface area contributed by atoms with Gasteiger partial charge in [-0.05, 0) is 6.42 Å². The maximum atomic E-state index is 10.3. The number of nitriles is 1. The molecule has 0 aliphatic heterocycles. The molecule has 0 rings (SSSR count). The smallest absolute Gasteiger partial charge is 0.449 e. The molecule has 0 saturated heterocycles. The molecule has 0 saturated carbocycles. The molecule has 116 valence electrons. The summed E-state index contributed by atoms with van der Waals surface area (Å²) < 4.78 is 4.47. The van der Waals surface area contributed by atoms with Gasteiger partial charge in [0.1, 0.15) is 0 Å². The molecule has 0 aromatic rings. The van der Waals surface area contributed by atoms with Crippen molar-refractivity contribution in [2.24, 2.45) is 0 Å². The molecule has 20 heavy (non-hydrogen) atoms. The van der Waals surface area contributed by atoms with E-state index in [1.165, 1.54) is 44.9 Å². The highest BCUT2D eigenvalue weighted by Crippen LogP contribution is 2.22. The zero-order valence-corrected chi connectivity index (χ0v) is 13.3. The maximum absolute atomic E-state index is 10.3. The fourth-order valence-corrected chi connectivity index (χ4v) is 2.70. The van der Waals surface area contributed by atoms with Gasteiger partial charge in [0.2, 0.25) is 0 Å². The lowest BCUT2D eigenvalue weighted by Crippen LogP contribution is -2.05. The summed E-state index contributed by atoms with van der Waals surface area (Å²) in [6, 6.07) is 2.08. The quantitative estimate of drug-likeness (QED) is 0.357. The van der Waals surface area contributed by atoms with Gasteiger partial charge in [0, 0.05) is 0 Å². The van der Waals surface area contributed by atoms with Crippen LogP contribution in [0.25, 0.3) is 0 Å². The summed E-state index contributed by atoms with van der Waals surface area (Å²) in [6.07, 6.45) is 11.3. The fraction of sp³-hybridized carbons (Fsp3) is 0.867. The molecule has 0 aromatic heterocycles. The molecule has 0 bridgehead atoms. The second kappa shape index (κ2) is 14.5. The molecule has 0 aliphatic carbocycles. The van der Waals surface area contributed by atoms with Crippen LogP contribution in [0.3, 0.4) is 0 Å². The van der Waals surface area contributed by atoms with Gasteiger partial charge >= 0.3 is 6.16 Å². The predicted octanol–water partition coefficient (Wildman–Crippen LogP) is 5.53. The predicted molar refractivity (Wildman–Crippen MR) is 82.6 cm³/mol. The van der Waals surface area contributed by atoms with Crippen LogP contribution in [0.15, 0.2) is 0 Å². The van der Waals surface area contributed by atoms with Gasteiger partial charge in [0.05, 0.1) is 29.8 Å². The minimum Gasteiger partial charge on any atom is -0.449 e. The summed E-state index contributed by atoms with van der Waals surface area (Å²) >= 11 is 0.910. The summed E-state index contributed by atoms with van der Waals surface area (Å²) in [7, 11) is 0. The minimum atomic E-state index is -1.29. The summed E-state index contributed by atoms with van der Waals surface area (Å²) in [5.41, 5.74) is 0. The van der Waals surface area contributed by atoms with E-state index in [0.29, 0.717) is 6.42 Å². The average Bonchev–Trinajstić information content (AvgIpc) is 2.42. The van der Waals surface area contributed by atoms with Crippen LogP contribution in [-0.4, -0.2) is 16.5 Å². The second-order valence-electron chi connectivity index (χ2n) is 5.05. The van der Waals surface area contributed by atoms with Crippen molar-refractivity contribution in [3.63, 3.8) is 0 Å². The normalized spacial score (nSPS) is 11.8. The van der Waals surface area contributed by atoms with Crippen LogP contribution in [0, 0.1) is 11.3 Å². The van der Waals surface area contributed by atoms with E-state index >= 15 is 0 Å². The third-order valence-corrected chi connectivity index (χ3v) is 4.12. The standard InChI is InChI=1S/C15H27NO3S/c1-2-3-4-5-6-7-8-9-10-11-14(12-13-16)20-19-15(17)18/h14H,2-12H2,1H3,(H,17,18). The van der Waals surface area contributed by atoms with Gasteiger partial charge in [-0.1, -0.05) is 64.7 Å². The van der Waals surface area contributed by atoms with E-state index in [0.717, 1.165) is 31.3 Å². The Kier molecular flexibility index (Phi) is 13.9. The lowest BCUT2D eigenvalue weighted by atomic mass is 10.1. The van der Waals surface area contributed by atoms with Gasteiger partial charge in [0.15, 0.2) is 0 Å². The zero-order chi connectivity index (χ0) is 15.1. The van der Waals surface area contributed by atoms with Crippen molar-refractivity contribution in [1.29, 1.82) is 5.26 Å². The van der Waals surface area contributed by atoms with Crippen molar-refractivity contribution in [3.05, 3.63) is 0 Å². The Morgan fingerprint density at radius 1 is 1.15 bits per heavy atom. The first-order valence-electron chi connectivity index (χ1n) is 7.63. The highest BCUT2D eigenvalue weighted by atomic mass is 32.2. The van der Waals surface area contributed by atoms with Crippen LogP contribution in [0.4, 0.5) is 4.79 Å². The lowest BCUT2D eigenvalue weighted by molar-refractivity contribution is 0.152. The number of carbonyl (C=O) groups is 1. The number of nitrogens with zero attached hydrogens (tertiary/aromatic N) is 1. The van der Waals surface area contributed by atoms with Crippen LogP contribution in [0.2, 0.25) is 0 Å². The first kappa shape index (κ1) is 19.1. The third kappa shape index (κ3) is 13.5. The number of unbranched alkanes of at least 4 members (excludes halogenated alkanes) is 8. The molecular weight excluding hydrogens is 274 g/mol. The van der Waals surface area contributed by atoms with Crippen LogP contribution in [0.5, 0.6) is 0 Å². The highest BCUT2D eigenvalue weighted by molar-refractivity contribution is 7.95. The Bertz CT molecular complexity index is 279. The van der Waals surface area contributed by atoms with Gasteiger partial charge in [-0.3, -0.25) is 0 Å². The van der Waals surface area contributed by atoms with E-state index in [2.05, 4.69) is 17.2 Å². The van der Waals surface area contributed by atoms with Crippen molar-refractivity contribution in [1.82, 2.24) is 0 Å². The molecule has 0 aromatic carbocycles. The van der Waals surface area contributed by atoms with E-state index in [1.807, 2.05) is 0 Å². The van der Waals surface area contributed by atoms with Crippen LogP contribution < -0.4 is 0 Å². The summed E-state index contributed by atoms with van der Waals surface area (Å²) in [4.78, 5) is 10.3. The van der Waals surface area contributed by atoms with Crippen molar-refractivity contribution >= 4 is 18.2 Å². The summed E-state index contributed by atoms with van der Waals surface area (Å²) in [5, 5.41) is 17.1. The Balaban J connectivity index is 3.44. The monoisotopic (exact) mass is 301 g/mol. The van der Waals surface area contributed by atoms with Crippen molar-refractivity contribution in [3.8, 4) is 6.07 Å². The molecule has 0 heterocycles. The first-order valence-corrected chi connectivity index (χ1v) is 8.44. The molecule has 1 atom stereocenters. The second-order valence-corrected chi connectivity index (χ2v) is 6.07. The van der Waals surface area contributed by atoms with Crippen LogP contribution in [-0.2, 0) is 4.18 Å². The van der Waals surface area contributed by atoms with Crippen molar-refractivity contribution in [2.45, 2.75) is 82.8 Å². The average molecular weight is 301 g/mol. The first-order chi connectivity index (χ1) is 9.70. The van der Waals surface area contributed by atoms with Crippen molar-refractivity contribution < 1.29 is 14.1 Å². The zero-order valence-electron chi connectivity index (χ0n) is 12.5. The summed E-state index contributed by atoms with van der Waals surface area (Å²) in [5.74, 6) is 0. The molecule has 0 fully saturated rings.